The molecule has 88 valence electrons. The number of nitrogens with zero attached hydrogens (tertiary/aromatic N) is 1. The number of aromatic nitrogens is 1. The van der Waals surface area contributed by atoms with Gasteiger partial charge < -0.3 is 5.11 Å². The zero-order valence-corrected chi connectivity index (χ0v) is 10.9. The lowest BCUT2D eigenvalue weighted by molar-refractivity contribution is 0.199. The lowest BCUT2D eigenvalue weighted by Crippen LogP contribution is -1.89. The molecule has 1 N–H and O–H groups in total. The number of rotatable bonds is 3. The monoisotopic (exact) mass is 265 g/mol. The second-order valence-electron chi connectivity index (χ2n) is 3.64. The van der Waals surface area contributed by atoms with Gasteiger partial charge in [-0.05, 0) is 36.8 Å². The molecule has 0 bridgehead atoms. The van der Waals surface area contributed by atoms with Crippen LogP contribution in [0, 0.1) is 0 Å². The molecule has 2 rings (SSSR count). The molecular weight excluding hydrogens is 254 g/mol. The molecule has 0 fully saturated rings. The number of hydrogen-bond donors (Lipinski definition) is 1. The first-order valence-electron chi connectivity index (χ1n) is 5.23. The van der Waals surface area contributed by atoms with E-state index >= 15 is 0 Å². The Morgan fingerprint density at radius 2 is 1.94 bits per heavy atom. The number of aliphatic hydroxyl groups excluding tert-OH is 1. The van der Waals surface area contributed by atoms with Crippen molar-refractivity contribution >= 4 is 23.4 Å². The van der Waals surface area contributed by atoms with Crippen molar-refractivity contribution in [3.8, 4) is 0 Å². The van der Waals surface area contributed by atoms with Gasteiger partial charge in [0.25, 0.3) is 0 Å². The minimum atomic E-state index is -0.438. The van der Waals surface area contributed by atoms with E-state index in [0.717, 1.165) is 15.5 Å². The van der Waals surface area contributed by atoms with Crippen LogP contribution in [-0.2, 0) is 0 Å². The molecule has 0 aliphatic heterocycles. The summed E-state index contributed by atoms with van der Waals surface area (Å²) in [6, 6.07) is 11.4. The second-order valence-corrected chi connectivity index (χ2v) is 5.11. The lowest BCUT2D eigenvalue weighted by Gasteiger charge is -2.06. The molecule has 0 aliphatic carbocycles. The van der Waals surface area contributed by atoms with E-state index in [-0.39, 0.29) is 0 Å². The Bertz CT molecular complexity index is 499. The van der Waals surface area contributed by atoms with Crippen LogP contribution in [0.3, 0.4) is 0 Å². The van der Waals surface area contributed by atoms with Gasteiger partial charge in [-0.2, -0.15) is 0 Å². The highest BCUT2D eigenvalue weighted by Crippen LogP contribution is 2.31. The average Bonchev–Trinajstić information content (AvgIpc) is 2.33. The Morgan fingerprint density at radius 3 is 2.53 bits per heavy atom. The summed E-state index contributed by atoms with van der Waals surface area (Å²) in [6.45, 7) is 1.75. The normalized spacial score (nSPS) is 12.4. The van der Waals surface area contributed by atoms with Crippen molar-refractivity contribution < 1.29 is 5.11 Å². The van der Waals surface area contributed by atoms with Crippen LogP contribution in [0.1, 0.15) is 18.6 Å². The first-order chi connectivity index (χ1) is 8.16. The van der Waals surface area contributed by atoms with Gasteiger partial charge in [0.1, 0.15) is 5.03 Å². The summed E-state index contributed by atoms with van der Waals surface area (Å²) < 4.78 is 0. The van der Waals surface area contributed by atoms with Gasteiger partial charge in [-0.15, -0.1) is 0 Å². The molecular formula is C13H12ClNOS. The highest BCUT2D eigenvalue weighted by Gasteiger charge is 2.04. The molecule has 1 heterocycles. The molecule has 0 radical (unpaired) electrons. The van der Waals surface area contributed by atoms with Crippen LogP contribution in [0.25, 0.3) is 0 Å². The summed E-state index contributed by atoms with van der Waals surface area (Å²) in [5.41, 5.74) is 0.904. The molecule has 1 aromatic carbocycles. The van der Waals surface area contributed by atoms with Crippen molar-refractivity contribution in [2.24, 2.45) is 0 Å². The Labute approximate surface area is 110 Å². The molecule has 0 unspecified atom stereocenters. The van der Waals surface area contributed by atoms with Gasteiger partial charge in [-0.1, -0.05) is 35.5 Å². The predicted octanol–water partition coefficient (Wildman–Crippen LogP) is 3.94. The van der Waals surface area contributed by atoms with E-state index in [1.807, 2.05) is 36.4 Å². The van der Waals surface area contributed by atoms with Crippen LogP contribution in [-0.4, -0.2) is 10.1 Å². The van der Waals surface area contributed by atoms with E-state index in [0.29, 0.717) is 5.02 Å². The van der Waals surface area contributed by atoms with Gasteiger partial charge >= 0.3 is 0 Å². The summed E-state index contributed by atoms with van der Waals surface area (Å²) in [5.74, 6) is 0. The maximum absolute atomic E-state index is 9.41. The standard InChI is InChI=1S/C13H12ClNOS/c1-9(16)10-4-6-11(7-5-10)17-13-12(14)3-2-8-15-13/h2-9,16H,1H3/t9-/m1/s1. The molecule has 1 atom stereocenters. The molecule has 0 amide bonds. The Kier molecular flexibility index (Phi) is 4.05. The van der Waals surface area contributed by atoms with Crippen molar-refractivity contribution in [2.45, 2.75) is 22.9 Å². The van der Waals surface area contributed by atoms with Crippen LogP contribution in [0.5, 0.6) is 0 Å². The lowest BCUT2D eigenvalue weighted by atomic mass is 10.1. The van der Waals surface area contributed by atoms with Gasteiger partial charge in [-0.25, -0.2) is 4.98 Å². The molecule has 0 saturated heterocycles. The van der Waals surface area contributed by atoms with Crippen LogP contribution < -0.4 is 0 Å². The second kappa shape index (κ2) is 5.54. The number of hydrogen-bond acceptors (Lipinski definition) is 3. The molecule has 0 spiro atoms. The molecule has 2 nitrogen and oxygen atoms in total. The van der Waals surface area contributed by atoms with Crippen LogP contribution >= 0.6 is 23.4 Å². The predicted molar refractivity (Wildman–Crippen MR) is 70.4 cm³/mol. The fourth-order valence-corrected chi connectivity index (χ4v) is 2.38. The molecule has 2 aromatic rings. The summed E-state index contributed by atoms with van der Waals surface area (Å²) in [7, 11) is 0. The molecule has 1 aromatic heterocycles. The summed E-state index contributed by atoms with van der Waals surface area (Å²) >= 11 is 7.54. The third-order valence-corrected chi connectivity index (χ3v) is 3.75. The third kappa shape index (κ3) is 3.22. The van der Waals surface area contributed by atoms with Crippen LogP contribution in [0.15, 0.2) is 52.5 Å². The highest BCUT2D eigenvalue weighted by molar-refractivity contribution is 7.99. The minimum absolute atomic E-state index is 0.438. The molecule has 0 saturated carbocycles. The smallest absolute Gasteiger partial charge is 0.119 e. The SMILES string of the molecule is C[C@@H](O)c1ccc(Sc2ncccc2Cl)cc1. The van der Waals surface area contributed by atoms with E-state index in [2.05, 4.69) is 4.98 Å². The number of pyridine rings is 1. The van der Waals surface area contributed by atoms with Crippen molar-refractivity contribution in [1.82, 2.24) is 4.98 Å². The van der Waals surface area contributed by atoms with Crippen molar-refractivity contribution in [1.29, 1.82) is 0 Å². The Hall–Kier alpha value is -1.03. The minimum Gasteiger partial charge on any atom is -0.389 e. The van der Waals surface area contributed by atoms with E-state index in [1.54, 1.807) is 13.1 Å². The van der Waals surface area contributed by atoms with Gasteiger partial charge in [0.2, 0.25) is 0 Å². The molecule has 0 aliphatic rings. The largest absolute Gasteiger partial charge is 0.389 e. The van der Waals surface area contributed by atoms with Crippen molar-refractivity contribution in [2.75, 3.05) is 0 Å². The van der Waals surface area contributed by atoms with E-state index in [9.17, 15) is 5.11 Å². The summed E-state index contributed by atoms with van der Waals surface area (Å²) in [5, 5.41) is 10.8. The van der Waals surface area contributed by atoms with E-state index in [4.69, 9.17) is 11.6 Å². The quantitative estimate of drug-likeness (QED) is 0.913. The zero-order valence-electron chi connectivity index (χ0n) is 9.30. The summed E-state index contributed by atoms with van der Waals surface area (Å²) in [6.07, 6.45) is 1.28. The fraction of sp³-hybridized carbons (Fsp3) is 0.154. The van der Waals surface area contributed by atoms with Crippen molar-refractivity contribution in [3.05, 3.63) is 53.2 Å². The van der Waals surface area contributed by atoms with Gasteiger partial charge in [0, 0.05) is 11.1 Å². The molecule has 4 heteroatoms. The maximum atomic E-state index is 9.41. The summed E-state index contributed by atoms with van der Waals surface area (Å²) in [4.78, 5) is 5.26. The van der Waals surface area contributed by atoms with Gasteiger partial charge in [-0.3, -0.25) is 0 Å². The van der Waals surface area contributed by atoms with E-state index in [1.165, 1.54) is 11.8 Å². The van der Waals surface area contributed by atoms with Gasteiger partial charge in [0.15, 0.2) is 0 Å². The third-order valence-electron chi connectivity index (χ3n) is 2.30. The number of benzene rings is 1. The van der Waals surface area contributed by atoms with Gasteiger partial charge in [0.05, 0.1) is 11.1 Å². The average molecular weight is 266 g/mol. The first-order valence-corrected chi connectivity index (χ1v) is 6.42. The number of aliphatic hydroxyl groups is 1. The highest BCUT2D eigenvalue weighted by atomic mass is 35.5. The van der Waals surface area contributed by atoms with Crippen molar-refractivity contribution in [3.63, 3.8) is 0 Å². The van der Waals surface area contributed by atoms with E-state index < -0.39 is 6.10 Å². The maximum Gasteiger partial charge on any atom is 0.119 e. The number of halogens is 1. The zero-order chi connectivity index (χ0) is 12.3. The fourth-order valence-electron chi connectivity index (χ4n) is 1.37. The first kappa shape index (κ1) is 12.4. The molecule has 17 heavy (non-hydrogen) atoms. The Morgan fingerprint density at radius 1 is 1.24 bits per heavy atom. The topological polar surface area (TPSA) is 33.1 Å². The van der Waals surface area contributed by atoms with Crippen LogP contribution in [0.4, 0.5) is 0 Å². The van der Waals surface area contributed by atoms with Crippen LogP contribution in [0.2, 0.25) is 5.02 Å². The Balaban J connectivity index is 2.17.